The maximum absolute atomic E-state index is 12.7. The summed E-state index contributed by atoms with van der Waals surface area (Å²) < 4.78 is 0. The van der Waals surface area contributed by atoms with E-state index in [1.807, 2.05) is 12.1 Å². The highest BCUT2D eigenvalue weighted by Gasteiger charge is 2.51. The van der Waals surface area contributed by atoms with E-state index in [9.17, 15) is 4.79 Å². The van der Waals surface area contributed by atoms with Gasteiger partial charge in [0.2, 0.25) is 5.91 Å². The summed E-state index contributed by atoms with van der Waals surface area (Å²) in [7, 11) is 0. The topological polar surface area (TPSA) is 44.4 Å². The van der Waals surface area contributed by atoms with Crippen LogP contribution in [0.15, 0.2) is 24.3 Å². The molecule has 4 nitrogen and oxygen atoms in total. The molecule has 4 saturated carbocycles. The first-order chi connectivity index (χ1) is 13.6. The van der Waals surface area contributed by atoms with E-state index in [1.165, 1.54) is 57.1 Å². The van der Waals surface area contributed by atoms with Crippen molar-refractivity contribution >= 4 is 34.6 Å². The summed E-state index contributed by atoms with van der Waals surface area (Å²) in [5.74, 6) is 2.71. The minimum absolute atomic E-state index is 0.0909. The molecule has 0 unspecified atom stereocenters. The van der Waals surface area contributed by atoms with Crippen LogP contribution in [-0.4, -0.2) is 24.1 Å². The molecule has 0 radical (unpaired) electrons. The van der Waals surface area contributed by atoms with Crippen LogP contribution >= 0.6 is 12.2 Å². The third kappa shape index (κ3) is 3.78. The number of hydrogen-bond donors (Lipinski definition) is 2. The van der Waals surface area contributed by atoms with Gasteiger partial charge in [-0.2, -0.15) is 0 Å². The monoisotopic (exact) mass is 397 g/mol. The second-order valence-electron chi connectivity index (χ2n) is 9.84. The van der Waals surface area contributed by atoms with Crippen LogP contribution in [0.1, 0.15) is 57.8 Å². The minimum Gasteiger partial charge on any atom is -0.372 e. The first-order valence-corrected chi connectivity index (χ1v) is 11.4. The van der Waals surface area contributed by atoms with Crippen LogP contribution in [0, 0.1) is 23.2 Å². The van der Waals surface area contributed by atoms with Crippen molar-refractivity contribution in [3.05, 3.63) is 24.3 Å². The summed E-state index contributed by atoms with van der Waals surface area (Å²) in [5.41, 5.74) is 2.45. The second kappa shape index (κ2) is 7.33. The third-order valence-corrected chi connectivity index (χ3v) is 7.75. The smallest absolute Gasteiger partial charge is 0.226 e. The van der Waals surface area contributed by atoms with Gasteiger partial charge in [-0.05, 0) is 111 Å². The number of nitrogens with zero attached hydrogens (tertiary/aromatic N) is 1. The van der Waals surface area contributed by atoms with Gasteiger partial charge in [0.15, 0.2) is 5.11 Å². The van der Waals surface area contributed by atoms with Gasteiger partial charge in [0, 0.05) is 30.9 Å². The molecule has 1 saturated heterocycles. The van der Waals surface area contributed by atoms with Gasteiger partial charge in [0.1, 0.15) is 0 Å². The number of thiocarbonyl (C=S) groups is 1. The molecule has 4 aliphatic carbocycles. The fourth-order valence-electron chi connectivity index (χ4n) is 6.91. The SMILES string of the molecule is O=C(CC12CC3CC(CC(C3)C1)C2)NC(=S)Nc1ccc(N2CCCC2)cc1. The van der Waals surface area contributed by atoms with Gasteiger partial charge in [-0.3, -0.25) is 4.79 Å². The number of benzene rings is 1. The van der Waals surface area contributed by atoms with E-state index in [2.05, 4.69) is 27.7 Å². The molecule has 6 rings (SSSR count). The zero-order valence-corrected chi connectivity index (χ0v) is 17.4. The lowest BCUT2D eigenvalue weighted by Gasteiger charge is -2.56. The van der Waals surface area contributed by atoms with Crippen molar-refractivity contribution in [3.63, 3.8) is 0 Å². The Hall–Kier alpha value is -1.62. The largest absolute Gasteiger partial charge is 0.372 e. The van der Waals surface area contributed by atoms with Gasteiger partial charge in [-0.15, -0.1) is 0 Å². The first kappa shape index (κ1) is 18.4. The molecular formula is C23H31N3OS. The fraction of sp³-hybridized carbons (Fsp3) is 0.652. The molecule has 0 spiro atoms. The molecule has 0 aromatic heterocycles. The Bertz CT molecular complexity index is 718. The predicted molar refractivity (Wildman–Crippen MR) is 117 cm³/mol. The summed E-state index contributed by atoms with van der Waals surface area (Å²) in [4.78, 5) is 15.1. The summed E-state index contributed by atoms with van der Waals surface area (Å²) in [5, 5.41) is 6.54. The number of hydrogen-bond acceptors (Lipinski definition) is 3. The van der Waals surface area contributed by atoms with E-state index in [1.54, 1.807) is 0 Å². The van der Waals surface area contributed by atoms with Gasteiger partial charge >= 0.3 is 0 Å². The van der Waals surface area contributed by atoms with Crippen LogP contribution in [0.5, 0.6) is 0 Å². The van der Waals surface area contributed by atoms with Crippen LogP contribution in [-0.2, 0) is 4.79 Å². The molecule has 4 bridgehead atoms. The molecule has 1 heterocycles. The standard InChI is InChI=1S/C23H31N3OS/c27-21(15-23-12-16-9-17(13-23)11-18(10-16)14-23)25-22(28)24-19-3-5-20(6-4-19)26-7-1-2-8-26/h3-6,16-18H,1-2,7-15H2,(H2,24,25,27,28). The zero-order chi connectivity index (χ0) is 19.1. The highest BCUT2D eigenvalue weighted by Crippen LogP contribution is 2.61. The maximum Gasteiger partial charge on any atom is 0.226 e. The lowest BCUT2D eigenvalue weighted by molar-refractivity contribution is -0.127. The number of carbonyl (C=O) groups excluding carboxylic acids is 1. The molecular weight excluding hydrogens is 366 g/mol. The zero-order valence-electron chi connectivity index (χ0n) is 16.6. The summed E-state index contributed by atoms with van der Waals surface area (Å²) in [6.07, 6.45) is 11.2. The molecule has 5 aliphatic rings. The highest BCUT2D eigenvalue weighted by molar-refractivity contribution is 7.80. The molecule has 5 heteroatoms. The number of nitrogens with one attached hydrogen (secondary N) is 2. The number of rotatable bonds is 4. The van der Waals surface area contributed by atoms with Gasteiger partial charge in [0.05, 0.1) is 0 Å². The van der Waals surface area contributed by atoms with E-state index in [0.717, 1.165) is 36.5 Å². The first-order valence-electron chi connectivity index (χ1n) is 11.0. The van der Waals surface area contributed by atoms with Crippen LogP contribution in [0.25, 0.3) is 0 Å². The van der Waals surface area contributed by atoms with Crippen molar-refractivity contribution in [1.29, 1.82) is 0 Å². The van der Waals surface area contributed by atoms with Crippen molar-refractivity contribution in [2.75, 3.05) is 23.3 Å². The van der Waals surface area contributed by atoms with Crippen LogP contribution in [0.3, 0.4) is 0 Å². The minimum atomic E-state index is 0.0909. The Morgan fingerprint density at radius 2 is 1.57 bits per heavy atom. The van der Waals surface area contributed by atoms with E-state index in [-0.39, 0.29) is 11.3 Å². The van der Waals surface area contributed by atoms with E-state index >= 15 is 0 Å². The average molecular weight is 398 g/mol. The third-order valence-electron chi connectivity index (χ3n) is 7.55. The fourth-order valence-corrected chi connectivity index (χ4v) is 7.14. The Morgan fingerprint density at radius 1 is 1.00 bits per heavy atom. The molecule has 2 N–H and O–H groups in total. The average Bonchev–Trinajstić information content (AvgIpc) is 3.15. The maximum atomic E-state index is 12.7. The normalized spacial score (nSPS) is 33.1. The van der Waals surface area contributed by atoms with Crippen molar-refractivity contribution in [1.82, 2.24) is 5.32 Å². The predicted octanol–water partition coefficient (Wildman–Crippen LogP) is 4.71. The van der Waals surface area contributed by atoms with Crippen molar-refractivity contribution in [2.45, 2.75) is 57.8 Å². The van der Waals surface area contributed by atoms with E-state index in [4.69, 9.17) is 12.2 Å². The molecule has 1 aromatic rings. The Morgan fingerprint density at radius 3 is 2.14 bits per heavy atom. The second-order valence-corrected chi connectivity index (χ2v) is 10.2. The quantitative estimate of drug-likeness (QED) is 0.723. The van der Waals surface area contributed by atoms with Crippen LogP contribution < -0.4 is 15.5 Å². The number of carbonyl (C=O) groups is 1. The van der Waals surface area contributed by atoms with Gasteiger partial charge in [0.25, 0.3) is 0 Å². The van der Waals surface area contributed by atoms with Crippen LogP contribution in [0.2, 0.25) is 0 Å². The molecule has 5 fully saturated rings. The Kier molecular flexibility index (Phi) is 4.82. The molecule has 1 aromatic carbocycles. The Labute approximate surface area is 173 Å². The highest BCUT2D eigenvalue weighted by atomic mass is 32.1. The lowest BCUT2D eigenvalue weighted by atomic mass is 9.49. The summed E-state index contributed by atoms with van der Waals surface area (Å²) in [6.45, 7) is 2.29. The number of anilines is 2. The van der Waals surface area contributed by atoms with Gasteiger partial charge < -0.3 is 15.5 Å². The molecule has 1 aliphatic heterocycles. The van der Waals surface area contributed by atoms with Crippen molar-refractivity contribution in [2.24, 2.45) is 23.2 Å². The van der Waals surface area contributed by atoms with Gasteiger partial charge in [-0.1, -0.05) is 0 Å². The summed E-state index contributed by atoms with van der Waals surface area (Å²) in [6, 6.07) is 8.36. The Balaban J connectivity index is 1.14. The number of amides is 1. The van der Waals surface area contributed by atoms with Gasteiger partial charge in [-0.25, -0.2) is 0 Å². The molecule has 28 heavy (non-hydrogen) atoms. The van der Waals surface area contributed by atoms with Crippen LogP contribution in [0.4, 0.5) is 11.4 Å². The molecule has 150 valence electrons. The molecule has 1 amide bonds. The molecule has 0 atom stereocenters. The summed E-state index contributed by atoms with van der Waals surface area (Å²) >= 11 is 5.41. The van der Waals surface area contributed by atoms with E-state index in [0.29, 0.717) is 11.5 Å². The lowest BCUT2D eigenvalue weighted by Crippen LogP contribution is -2.48. The van der Waals surface area contributed by atoms with Crippen molar-refractivity contribution in [3.8, 4) is 0 Å². The van der Waals surface area contributed by atoms with Crippen molar-refractivity contribution < 1.29 is 4.79 Å². The van der Waals surface area contributed by atoms with E-state index < -0.39 is 0 Å².